The summed E-state index contributed by atoms with van der Waals surface area (Å²) in [4.78, 5) is 40.5. The van der Waals surface area contributed by atoms with Crippen LogP contribution in [0.3, 0.4) is 0 Å². The lowest BCUT2D eigenvalue weighted by Gasteiger charge is -2.36. The fraction of sp³-hybridized carbons (Fsp3) is 0.591. The summed E-state index contributed by atoms with van der Waals surface area (Å²) in [7, 11) is 0. The van der Waals surface area contributed by atoms with E-state index in [2.05, 4.69) is 10.1 Å². The molecule has 1 aliphatic carbocycles. The van der Waals surface area contributed by atoms with E-state index in [1.54, 1.807) is 0 Å². The molecule has 2 heterocycles. The average Bonchev–Trinajstić information content (AvgIpc) is 3.23. The first-order valence-corrected chi connectivity index (χ1v) is 10.9. The molecule has 0 aromatic heterocycles. The van der Waals surface area contributed by atoms with E-state index in [4.69, 9.17) is 0 Å². The zero-order chi connectivity index (χ0) is 24.1. The average molecular weight is 470 g/mol. The fourth-order valence-electron chi connectivity index (χ4n) is 5.61. The highest BCUT2D eigenvalue weighted by molar-refractivity contribution is 6.10. The quantitative estimate of drug-likeness (QED) is 0.566. The van der Waals surface area contributed by atoms with Crippen LogP contribution in [0, 0.1) is 11.8 Å². The molecule has 4 rings (SSSR count). The van der Waals surface area contributed by atoms with Gasteiger partial charge in [-0.3, -0.25) is 24.6 Å². The van der Waals surface area contributed by atoms with Crippen molar-refractivity contribution in [2.24, 2.45) is 11.8 Å². The number of ether oxygens (including phenoxy) is 1. The second kappa shape index (κ2) is 8.28. The maximum atomic E-state index is 13.5. The van der Waals surface area contributed by atoms with E-state index in [0.717, 1.165) is 36.3 Å². The molecule has 2 saturated heterocycles. The minimum Gasteiger partial charge on any atom is -0.480 e. The molecule has 3 N–H and O–H groups in total. The first-order valence-electron chi connectivity index (χ1n) is 10.9. The van der Waals surface area contributed by atoms with Gasteiger partial charge in [-0.05, 0) is 37.5 Å². The zero-order valence-corrected chi connectivity index (χ0v) is 17.8. The number of benzene rings is 1. The van der Waals surface area contributed by atoms with Gasteiger partial charge in [0.15, 0.2) is 5.54 Å². The fourth-order valence-corrected chi connectivity index (χ4v) is 5.61. The van der Waals surface area contributed by atoms with Gasteiger partial charge in [0, 0.05) is 12.1 Å². The van der Waals surface area contributed by atoms with Gasteiger partial charge in [0.2, 0.25) is 11.8 Å². The predicted octanol–water partition coefficient (Wildman–Crippen LogP) is 2.37. The van der Waals surface area contributed by atoms with Gasteiger partial charge in [0.1, 0.15) is 5.75 Å². The lowest BCUT2D eigenvalue weighted by molar-refractivity contribution is -0.274. The molecular formula is C22H25F3N2O6. The van der Waals surface area contributed by atoms with Crippen LogP contribution < -0.4 is 10.1 Å². The number of amides is 2. The van der Waals surface area contributed by atoms with Crippen molar-refractivity contribution in [2.45, 2.75) is 69.1 Å². The summed E-state index contributed by atoms with van der Waals surface area (Å²) in [5.74, 6) is -5.88. The highest BCUT2D eigenvalue weighted by Crippen LogP contribution is 2.51. The summed E-state index contributed by atoms with van der Waals surface area (Å²) in [6.07, 6.45) is -2.65. The van der Waals surface area contributed by atoms with Gasteiger partial charge in [0.25, 0.3) is 0 Å². The number of carboxylic acids is 1. The molecule has 1 aromatic carbocycles. The molecule has 8 nitrogen and oxygen atoms in total. The Hall–Kier alpha value is -2.66. The van der Waals surface area contributed by atoms with Crippen molar-refractivity contribution in [3.63, 3.8) is 0 Å². The molecule has 5 atom stereocenters. The Morgan fingerprint density at radius 1 is 1.21 bits per heavy atom. The van der Waals surface area contributed by atoms with Gasteiger partial charge in [-0.1, -0.05) is 31.4 Å². The number of aliphatic hydroxyl groups excluding tert-OH is 1. The number of hydrogen-bond donors (Lipinski definition) is 3. The molecule has 3 aliphatic rings. The lowest BCUT2D eigenvalue weighted by Crippen LogP contribution is -2.62. The van der Waals surface area contributed by atoms with Gasteiger partial charge >= 0.3 is 12.3 Å². The molecule has 3 fully saturated rings. The third-order valence-corrected chi connectivity index (χ3v) is 7.03. The molecule has 33 heavy (non-hydrogen) atoms. The van der Waals surface area contributed by atoms with Crippen molar-refractivity contribution < 1.29 is 42.5 Å². The summed E-state index contributed by atoms with van der Waals surface area (Å²) in [5, 5.41) is 23.3. The van der Waals surface area contributed by atoms with E-state index >= 15 is 0 Å². The molecule has 2 amide bonds. The van der Waals surface area contributed by atoms with Crippen LogP contribution in [0.2, 0.25) is 0 Å². The minimum atomic E-state index is -4.94. The minimum absolute atomic E-state index is 0.155. The SMILES string of the molecule is CC(O)C1(C(=O)O)NC(c2cccc(OC(F)(F)F)c2)C2C(=O)N(C3CCCCC3)C(=O)C21. The molecular weight excluding hydrogens is 445 g/mol. The lowest BCUT2D eigenvalue weighted by atomic mass is 9.76. The normalized spacial score (nSPS) is 31.5. The van der Waals surface area contributed by atoms with Crippen molar-refractivity contribution in [2.75, 3.05) is 0 Å². The largest absolute Gasteiger partial charge is 0.573 e. The van der Waals surface area contributed by atoms with Gasteiger partial charge in [-0.25, -0.2) is 0 Å². The Bertz CT molecular complexity index is 962. The third kappa shape index (κ3) is 3.86. The standard InChI is InChI=1S/C22H25F3N2O6/c1-11(28)21(20(31)32)16-15(18(29)27(19(16)30)13-7-3-2-4-8-13)17(26-21)12-6-5-9-14(10-12)33-22(23,24)25/h5-6,9-11,13,15-17,26,28H,2-4,7-8H2,1H3,(H,31,32). The number of aliphatic carboxylic acids is 1. The highest BCUT2D eigenvalue weighted by Gasteiger charge is 2.70. The van der Waals surface area contributed by atoms with Crippen LogP contribution in [0.4, 0.5) is 13.2 Å². The van der Waals surface area contributed by atoms with Crippen LogP contribution in [0.25, 0.3) is 0 Å². The van der Waals surface area contributed by atoms with Gasteiger partial charge in [-0.2, -0.15) is 0 Å². The first kappa shape index (κ1) is 23.5. The van der Waals surface area contributed by atoms with Crippen LogP contribution in [-0.4, -0.2) is 56.9 Å². The summed E-state index contributed by atoms with van der Waals surface area (Å²) >= 11 is 0. The number of hydrogen-bond acceptors (Lipinski definition) is 6. The summed E-state index contributed by atoms with van der Waals surface area (Å²) in [6, 6.07) is 3.39. The highest BCUT2D eigenvalue weighted by atomic mass is 19.4. The van der Waals surface area contributed by atoms with E-state index in [9.17, 15) is 37.8 Å². The second-order valence-corrected chi connectivity index (χ2v) is 8.93. The Morgan fingerprint density at radius 3 is 2.45 bits per heavy atom. The Morgan fingerprint density at radius 2 is 1.88 bits per heavy atom. The smallest absolute Gasteiger partial charge is 0.480 e. The molecule has 11 heteroatoms. The van der Waals surface area contributed by atoms with Crippen molar-refractivity contribution in [1.82, 2.24) is 10.2 Å². The van der Waals surface area contributed by atoms with Gasteiger partial charge < -0.3 is 14.9 Å². The molecule has 0 spiro atoms. The van der Waals surface area contributed by atoms with Crippen LogP contribution in [0.15, 0.2) is 24.3 Å². The predicted molar refractivity (Wildman–Crippen MR) is 107 cm³/mol. The summed E-state index contributed by atoms with van der Waals surface area (Å²) in [5.41, 5.74) is -2.02. The number of fused-ring (bicyclic) bond motifs is 1. The maximum absolute atomic E-state index is 13.5. The van der Waals surface area contributed by atoms with E-state index in [-0.39, 0.29) is 11.6 Å². The van der Waals surface area contributed by atoms with Crippen LogP contribution in [-0.2, 0) is 14.4 Å². The molecule has 5 unspecified atom stereocenters. The molecule has 0 radical (unpaired) electrons. The van der Waals surface area contributed by atoms with E-state index in [1.807, 2.05) is 0 Å². The monoisotopic (exact) mass is 470 g/mol. The number of imide groups is 1. The number of halogens is 3. The molecule has 1 saturated carbocycles. The number of carbonyl (C=O) groups excluding carboxylic acids is 2. The first-order chi connectivity index (χ1) is 15.5. The van der Waals surface area contributed by atoms with E-state index in [0.29, 0.717) is 12.8 Å². The Kier molecular flexibility index (Phi) is 5.90. The van der Waals surface area contributed by atoms with Crippen LogP contribution >= 0.6 is 0 Å². The topological polar surface area (TPSA) is 116 Å². The van der Waals surface area contributed by atoms with Gasteiger partial charge in [0.05, 0.1) is 17.9 Å². The molecule has 2 aliphatic heterocycles. The van der Waals surface area contributed by atoms with E-state index < -0.39 is 59.4 Å². The number of aliphatic hydroxyl groups is 1. The number of nitrogens with one attached hydrogen (secondary N) is 1. The molecule has 1 aromatic rings. The van der Waals surface area contributed by atoms with Crippen molar-refractivity contribution in [3.8, 4) is 5.75 Å². The van der Waals surface area contributed by atoms with E-state index in [1.165, 1.54) is 19.1 Å². The summed E-state index contributed by atoms with van der Waals surface area (Å²) < 4.78 is 42.1. The van der Waals surface area contributed by atoms with Crippen molar-refractivity contribution >= 4 is 17.8 Å². The Balaban J connectivity index is 1.78. The second-order valence-electron chi connectivity index (χ2n) is 8.93. The third-order valence-electron chi connectivity index (χ3n) is 7.03. The number of rotatable bonds is 5. The van der Waals surface area contributed by atoms with Gasteiger partial charge in [-0.15, -0.1) is 13.2 Å². The number of likely N-dealkylation sites (tertiary alicyclic amines) is 1. The molecule has 0 bridgehead atoms. The zero-order valence-electron chi connectivity index (χ0n) is 17.8. The number of alkyl halides is 3. The van der Waals surface area contributed by atoms with Crippen LogP contribution in [0.1, 0.15) is 50.6 Å². The Labute approximate surface area is 187 Å². The van der Waals surface area contributed by atoms with Crippen LogP contribution in [0.5, 0.6) is 5.75 Å². The number of nitrogens with zero attached hydrogens (tertiary/aromatic N) is 1. The summed E-state index contributed by atoms with van der Waals surface area (Å²) in [6.45, 7) is 1.21. The number of carboxylic acid groups (broad SMARTS) is 1. The number of carbonyl (C=O) groups is 3. The molecule has 180 valence electrons. The van der Waals surface area contributed by atoms with Crippen molar-refractivity contribution in [1.29, 1.82) is 0 Å². The van der Waals surface area contributed by atoms with Crippen molar-refractivity contribution in [3.05, 3.63) is 29.8 Å². The maximum Gasteiger partial charge on any atom is 0.573 e.